The van der Waals surface area contributed by atoms with Crippen LogP contribution in [0.15, 0.2) is 64.9 Å². The van der Waals surface area contributed by atoms with Crippen molar-refractivity contribution in [3.63, 3.8) is 0 Å². The Morgan fingerprint density at radius 1 is 1.10 bits per heavy atom. The highest BCUT2D eigenvalue weighted by Gasteiger charge is 2.61. The molecule has 1 aromatic rings. The van der Waals surface area contributed by atoms with Gasteiger partial charge in [-0.25, -0.2) is 0 Å². The summed E-state index contributed by atoms with van der Waals surface area (Å²) in [5, 5.41) is 11.1. The van der Waals surface area contributed by atoms with Crippen molar-refractivity contribution < 1.29 is 27.9 Å². The standard InChI is InChI=1S/C29H35ClF3N3O3/c1-34(2)25(37)23-10-9-22(19-24(23)30)36-17-14-27(15-18-36)13-11-20(27)12-16-35(3)26(38)28(39,29(31,32)33)21-7-5-4-6-8-21/h4-8,11,13,19-20,39H,9-10,12,14-18H2,1-3H3. The molecule has 0 saturated carbocycles. The Kier molecular flexibility index (Phi) is 8.24. The molecule has 1 aliphatic heterocycles. The summed E-state index contributed by atoms with van der Waals surface area (Å²) in [6.07, 6.45) is 4.60. The predicted octanol–water partition coefficient (Wildman–Crippen LogP) is 4.81. The minimum atomic E-state index is -5.16. The summed E-state index contributed by atoms with van der Waals surface area (Å²) in [4.78, 5) is 30.1. The first kappa shape index (κ1) is 29.2. The highest BCUT2D eigenvalue weighted by Crippen LogP contribution is 2.50. The molecule has 39 heavy (non-hydrogen) atoms. The topological polar surface area (TPSA) is 64.1 Å². The van der Waals surface area contributed by atoms with Gasteiger partial charge in [0.15, 0.2) is 0 Å². The molecule has 212 valence electrons. The summed E-state index contributed by atoms with van der Waals surface area (Å²) < 4.78 is 41.8. The van der Waals surface area contributed by atoms with E-state index in [9.17, 15) is 27.9 Å². The number of benzene rings is 1. The van der Waals surface area contributed by atoms with E-state index >= 15 is 0 Å². The Balaban J connectivity index is 1.36. The maximum absolute atomic E-state index is 13.9. The zero-order valence-corrected chi connectivity index (χ0v) is 23.2. The normalized spacial score (nSPS) is 22.2. The van der Waals surface area contributed by atoms with Gasteiger partial charge in [0, 0.05) is 57.6 Å². The molecular formula is C29H35ClF3N3O3. The number of hydrogen-bond donors (Lipinski definition) is 1. The number of amides is 2. The first-order chi connectivity index (χ1) is 18.3. The Bertz CT molecular complexity index is 1190. The van der Waals surface area contributed by atoms with Gasteiger partial charge >= 0.3 is 6.18 Å². The molecule has 4 rings (SSSR count). The fourth-order valence-electron chi connectivity index (χ4n) is 5.84. The quantitative estimate of drug-likeness (QED) is 0.482. The van der Waals surface area contributed by atoms with Crippen molar-refractivity contribution in [2.24, 2.45) is 11.3 Å². The number of carbonyl (C=O) groups is 2. The Morgan fingerprint density at radius 2 is 1.74 bits per heavy atom. The summed E-state index contributed by atoms with van der Waals surface area (Å²) in [6, 6.07) is 6.49. The summed E-state index contributed by atoms with van der Waals surface area (Å²) in [5.74, 6) is -1.32. The molecule has 0 radical (unpaired) electrons. The third-order valence-electron chi connectivity index (χ3n) is 8.41. The van der Waals surface area contributed by atoms with Gasteiger partial charge in [-0.3, -0.25) is 9.59 Å². The van der Waals surface area contributed by atoms with Gasteiger partial charge in [-0.15, -0.1) is 0 Å². The van der Waals surface area contributed by atoms with Crippen LogP contribution < -0.4 is 0 Å². The van der Waals surface area contributed by atoms with Crippen molar-refractivity contribution in [1.82, 2.24) is 14.7 Å². The highest BCUT2D eigenvalue weighted by atomic mass is 35.5. The van der Waals surface area contributed by atoms with E-state index in [1.165, 1.54) is 30.1 Å². The summed E-state index contributed by atoms with van der Waals surface area (Å²) in [5.41, 5.74) is -2.40. The molecule has 6 nitrogen and oxygen atoms in total. The molecule has 1 fully saturated rings. The number of aliphatic hydroxyl groups is 1. The van der Waals surface area contributed by atoms with Crippen molar-refractivity contribution in [3.8, 4) is 0 Å². The molecule has 10 heteroatoms. The molecule has 0 bridgehead atoms. The van der Waals surface area contributed by atoms with Crippen LogP contribution in [0.4, 0.5) is 13.2 Å². The zero-order chi connectivity index (χ0) is 28.6. The molecule has 1 saturated heterocycles. The van der Waals surface area contributed by atoms with Crippen LogP contribution in [0.5, 0.6) is 0 Å². The highest BCUT2D eigenvalue weighted by molar-refractivity contribution is 6.33. The molecule has 2 aliphatic carbocycles. The maximum atomic E-state index is 13.9. The van der Waals surface area contributed by atoms with Crippen molar-refractivity contribution in [1.29, 1.82) is 0 Å². The Labute approximate surface area is 232 Å². The summed E-state index contributed by atoms with van der Waals surface area (Å²) in [7, 11) is 4.72. The third-order valence-corrected chi connectivity index (χ3v) is 8.75. The van der Waals surface area contributed by atoms with Crippen LogP contribution >= 0.6 is 11.6 Å². The lowest BCUT2D eigenvalue weighted by atomic mass is 9.60. The van der Waals surface area contributed by atoms with Gasteiger partial charge < -0.3 is 19.8 Å². The van der Waals surface area contributed by atoms with E-state index < -0.39 is 23.2 Å². The minimum Gasteiger partial charge on any atom is -0.375 e. The molecule has 3 aliphatic rings. The zero-order valence-electron chi connectivity index (χ0n) is 22.5. The number of likely N-dealkylation sites (tertiary alicyclic amines) is 1. The van der Waals surface area contributed by atoms with E-state index in [1.807, 2.05) is 6.08 Å². The van der Waals surface area contributed by atoms with Crippen LogP contribution in [0.25, 0.3) is 0 Å². The summed E-state index contributed by atoms with van der Waals surface area (Å²) >= 11 is 6.45. The van der Waals surface area contributed by atoms with E-state index in [0.29, 0.717) is 23.4 Å². The second kappa shape index (κ2) is 11.0. The van der Waals surface area contributed by atoms with Gasteiger partial charge in [-0.2, -0.15) is 13.2 Å². The molecule has 2 unspecified atom stereocenters. The second-order valence-electron chi connectivity index (χ2n) is 10.9. The van der Waals surface area contributed by atoms with Crippen molar-refractivity contribution in [3.05, 3.63) is 70.4 Å². The lowest BCUT2D eigenvalue weighted by Crippen LogP contribution is -2.55. The van der Waals surface area contributed by atoms with Crippen LogP contribution in [0.2, 0.25) is 0 Å². The van der Waals surface area contributed by atoms with E-state index in [1.54, 1.807) is 14.1 Å². The first-order valence-electron chi connectivity index (χ1n) is 13.2. The molecule has 1 N–H and O–H groups in total. The lowest BCUT2D eigenvalue weighted by Gasteiger charge is -2.50. The SMILES string of the molecule is CN(C)C(=O)C1=C(Cl)C=C(N2CCC3(C=CC3CCN(C)C(=O)C(O)(c3ccccc3)C(F)(F)F)CC2)CC1. The number of nitrogens with zero attached hydrogens (tertiary/aromatic N) is 3. The van der Waals surface area contributed by atoms with Crippen molar-refractivity contribution in [2.75, 3.05) is 40.8 Å². The number of halogens is 4. The van der Waals surface area contributed by atoms with Gasteiger partial charge in [0.05, 0.1) is 5.03 Å². The van der Waals surface area contributed by atoms with E-state index in [0.717, 1.165) is 55.1 Å². The average molecular weight is 566 g/mol. The largest absolute Gasteiger partial charge is 0.430 e. The van der Waals surface area contributed by atoms with Gasteiger partial charge in [-0.05, 0) is 49.5 Å². The van der Waals surface area contributed by atoms with E-state index in [-0.39, 0.29) is 23.8 Å². The van der Waals surface area contributed by atoms with Crippen LogP contribution in [0, 0.1) is 11.3 Å². The van der Waals surface area contributed by atoms with Gasteiger partial charge in [0.25, 0.3) is 17.4 Å². The lowest BCUT2D eigenvalue weighted by molar-refractivity contribution is -0.261. The minimum absolute atomic E-state index is 0.0545. The number of likely N-dealkylation sites (N-methyl/N-ethyl adjacent to an activating group) is 2. The summed E-state index contributed by atoms with van der Waals surface area (Å²) in [6.45, 7) is 1.72. The average Bonchev–Trinajstić information content (AvgIpc) is 2.91. The maximum Gasteiger partial charge on any atom is 0.430 e. The predicted molar refractivity (Wildman–Crippen MR) is 143 cm³/mol. The number of rotatable bonds is 7. The van der Waals surface area contributed by atoms with Gasteiger partial charge in [0.2, 0.25) is 0 Å². The smallest absolute Gasteiger partial charge is 0.375 e. The third kappa shape index (κ3) is 5.48. The molecule has 2 amide bonds. The van der Waals surface area contributed by atoms with Crippen LogP contribution in [0.3, 0.4) is 0 Å². The molecule has 1 spiro atoms. The van der Waals surface area contributed by atoms with Gasteiger partial charge in [0.1, 0.15) is 0 Å². The van der Waals surface area contributed by atoms with Gasteiger partial charge in [-0.1, -0.05) is 54.1 Å². The fourth-order valence-corrected chi connectivity index (χ4v) is 6.14. The van der Waals surface area contributed by atoms with Crippen LogP contribution in [0.1, 0.15) is 37.7 Å². The second-order valence-corrected chi connectivity index (χ2v) is 11.3. The monoisotopic (exact) mass is 565 g/mol. The van der Waals surface area contributed by atoms with E-state index in [2.05, 4.69) is 17.1 Å². The Hall–Kier alpha value is -2.78. The van der Waals surface area contributed by atoms with Crippen LogP contribution in [-0.4, -0.2) is 78.6 Å². The molecular weight excluding hydrogens is 531 g/mol. The fraction of sp³-hybridized carbons (Fsp3) is 0.517. The first-order valence-corrected chi connectivity index (χ1v) is 13.5. The van der Waals surface area contributed by atoms with E-state index in [4.69, 9.17) is 11.6 Å². The number of allylic oxidation sites excluding steroid dienone is 5. The Morgan fingerprint density at radius 3 is 2.26 bits per heavy atom. The number of alkyl halides is 3. The number of piperidine rings is 1. The number of carbonyl (C=O) groups excluding carboxylic acids is 2. The molecule has 1 aromatic carbocycles. The van der Waals surface area contributed by atoms with Crippen LogP contribution in [-0.2, 0) is 15.2 Å². The molecule has 1 heterocycles. The molecule has 0 aromatic heterocycles. The van der Waals surface area contributed by atoms with Crippen molar-refractivity contribution >= 4 is 23.4 Å². The number of hydrogen-bond acceptors (Lipinski definition) is 4. The van der Waals surface area contributed by atoms with Crippen molar-refractivity contribution in [2.45, 2.75) is 43.9 Å². The molecule has 2 atom stereocenters.